The predicted molar refractivity (Wildman–Crippen MR) is 72.4 cm³/mol. The summed E-state index contributed by atoms with van der Waals surface area (Å²) in [4.78, 5) is 0.820. The third kappa shape index (κ3) is 2.02. The van der Waals surface area contributed by atoms with Crippen LogP contribution in [0.2, 0.25) is 0 Å². The first-order chi connectivity index (χ1) is 8.84. The molecule has 0 saturated carbocycles. The second-order valence-corrected chi connectivity index (χ2v) is 4.28. The van der Waals surface area contributed by atoms with Gasteiger partial charge in [0.2, 0.25) is 11.8 Å². The zero-order valence-corrected chi connectivity index (χ0v) is 10.3. The van der Waals surface area contributed by atoms with Crippen LogP contribution >= 0.6 is 12.6 Å². The lowest BCUT2D eigenvalue weighted by atomic mass is 10.2. The first-order valence-electron chi connectivity index (χ1n) is 5.52. The zero-order valence-electron chi connectivity index (χ0n) is 9.45. The second-order valence-electron chi connectivity index (χ2n) is 3.80. The Morgan fingerprint density at radius 1 is 0.778 bits per heavy atom. The van der Waals surface area contributed by atoms with E-state index in [2.05, 4.69) is 22.8 Å². The van der Waals surface area contributed by atoms with E-state index in [4.69, 9.17) is 4.42 Å². The highest BCUT2D eigenvalue weighted by molar-refractivity contribution is 7.80. The van der Waals surface area contributed by atoms with Crippen molar-refractivity contribution in [3.63, 3.8) is 0 Å². The Kier molecular flexibility index (Phi) is 2.86. The zero-order chi connectivity index (χ0) is 12.4. The standard InChI is InChI=1S/C14H10N2OS/c18-12-9-5-4-8-11(12)14-16-15-13(17-14)10-6-2-1-3-7-10/h1-9,18H. The molecule has 4 heteroatoms. The van der Waals surface area contributed by atoms with Crippen LogP contribution in [0.15, 0.2) is 63.9 Å². The fourth-order valence-electron chi connectivity index (χ4n) is 1.68. The largest absolute Gasteiger partial charge is 0.416 e. The molecule has 0 bridgehead atoms. The van der Waals surface area contributed by atoms with Crippen molar-refractivity contribution in [2.75, 3.05) is 0 Å². The van der Waals surface area contributed by atoms with Gasteiger partial charge in [-0.2, -0.15) is 0 Å². The summed E-state index contributed by atoms with van der Waals surface area (Å²) in [6, 6.07) is 17.3. The second kappa shape index (κ2) is 4.66. The van der Waals surface area contributed by atoms with Gasteiger partial charge < -0.3 is 4.42 Å². The van der Waals surface area contributed by atoms with Crippen LogP contribution in [0.4, 0.5) is 0 Å². The van der Waals surface area contributed by atoms with E-state index in [1.165, 1.54) is 0 Å². The number of thiol groups is 1. The Labute approximate surface area is 110 Å². The molecule has 0 atom stereocenters. The molecule has 0 amide bonds. The summed E-state index contributed by atoms with van der Waals surface area (Å²) in [5, 5.41) is 8.11. The number of rotatable bonds is 2. The van der Waals surface area contributed by atoms with E-state index in [-0.39, 0.29) is 0 Å². The van der Waals surface area contributed by atoms with Crippen LogP contribution in [0.1, 0.15) is 0 Å². The van der Waals surface area contributed by atoms with Crippen molar-refractivity contribution in [2.45, 2.75) is 4.90 Å². The minimum absolute atomic E-state index is 0.486. The molecule has 88 valence electrons. The van der Waals surface area contributed by atoms with Crippen molar-refractivity contribution in [2.24, 2.45) is 0 Å². The van der Waals surface area contributed by atoms with E-state index < -0.39 is 0 Å². The third-order valence-corrected chi connectivity index (χ3v) is 2.97. The van der Waals surface area contributed by atoms with Crippen LogP contribution in [-0.4, -0.2) is 10.2 Å². The van der Waals surface area contributed by atoms with E-state index in [0.717, 1.165) is 16.0 Å². The lowest BCUT2D eigenvalue weighted by Gasteiger charge is -1.98. The maximum atomic E-state index is 5.67. The molecule has 0 radical (unpaired) electrons. The van der Waals surface area contributed by atoms with Gasteiger partial charge in [0.25, 0.3) is 0 Å². The Morgan fingerprint density at radius 3 is 2.22 bits per heavy atom. The maximum Gasteiger partial charge on any atom is 0.249 e. The minimum Gasteiger partial charge on any atom is -0.416 e. The first-order valence-corrected chi connectivity index (χ1v) is 5.96. The van der Waals surface area contributed by atoms with Gasteiger partial charge in [0, 0.05) is 10.5 Å². The van der Waals surface area contributed by atoms with Gasteiger partial charge in [0.1, 0.15) is 0 Å². The molecule has 0 aliphatic heterocycles. The lowest BCUT2D eigenvalue weighted by Crippen LogP contribution is -1.79. The summed E-state index contributed by atoms with van der Waals surface area (Å²) in [7, 11) is 0. The Balaban J connectivity index is 2.03. The van der Waals surface area contributed by atoms with Gasteiger partial charge in [0.05, 0.1) is 5.56 Å². The Bertz CT molecular complexity index is 664. The molecule has 0 aliphatic carbocycles. The highest BCUT2D eigenvalue weighted by atomic mass is 32.1. The van der Waals surface area contributed by atoms with Crippen LogP contribution in [-0.2, 0) is 0 Å². The third-order valence-electron chi connectivity index (χ3n) is 2.58. The summed E-state index contributed by atoms with van der Waals surface area (Å²) < 4.78 is 5.67. The van der Waals surface area contributed by atoms with Gasteiger partial charge in [-0.25, -0.2) is 0 Å². The number of nitrogens with zero attached hydrogens (tertiary/aromatic N) is 2. The molecule has 3 nitrogen and oxygen atoms in total. The average Bonchev–Trinajstić information content (AvgIpc) is 2.90. The lowest BCUT2D eigenvalue weighted by molar-refractivity contribution is 0.583. The van der Waals surface area contributed by atoms with Gasteiger partial charge in [0.15, 0.2) is 0 Å². The van der Waals surface area contributed by atoms with Crippen LogP contribution in [0.25, 0.3) is 22.9 Å². The van der Waals surface area contributed by atoms with Crippen molar-refractivity contribution in [1.82, 2.24) is 10.2 Å². The molecule has 2 aromatic carbocycles. The summed E-state index contributed by atoms with van der Waals surface area (Å²) in [6.45, 7) is 0. The number of hydrogen-bond acceptors (Lipinski definition) is 4. The van der Waals surface area contributed by atoms with Crippen LogP contribution in [0.3, 0.4) is 0 Å². The molecule has 0 unspecified atom stereocenters. The van der Waals surface area contributed by atoms with Crippen LogP contribution < -0.4 is 0 Å². The Morgan fingerprint density at radius 2 is 1.44 bits per heavy atom. The van der Waals surface area contributed by atoms with Gasteiger partial charge in [-0.15, -0.1) is 22.8 Å². The van der Waals surface area contributed by atoms with Crippen molar-refractivity contribution in [3.8, 4) is 22.9 Å². The van der Waals surface area contributed by atoms with Gasteiger partial charge >= 0.3 is 0 Å². The topological polar surface area (TPSA) is 38.9 Å². The molecule has 0 spiro atoms. The van der Waals surface area contributed by atoms with Crippen molar-refractivity contribution in [3.05, 3.63) is 54.6 Å². The number of hydrogen-bond donors (Lipinski definition) is 1. The molecule has 3 aromatic rings. The van der Waals surface area contributed by atoms with Crippen LogP contribution in [0.5, 0.6) is 0 Å². The van der Waals surface area contributed by atoms with E-state index in [0.29, 0.717) is 11.8 Å². The van der Waals surface area contributed by atoms with Gasteiger partial charge in [-0.3, -0.25) is 0 Å². The summed E-state index contributed by atoms with van der Waals surface area (Å²) in [5.74, 6) is 1.00. The molecule has 18 heavy (non-hydrogen) atoms. The summed E-state index contributed by atoms with van der Waals surface area (Å²) in [5.41, 5.74) is 1.75. The summed E-state index contributed by atoms with van der Waals surface area (Å²) in [6.07, 6.45) is 0. The molecular formula is C14H10N2OS. The molecule has 1 heterocycles. The monoisotopic (exact) mass is 254 g/mol. The van der Waals surface area contributed by atoms with Gasteiger partial charge in [-0.05, 0) is 24.3 Å². The number of aromatic nitrogens is 2. The van der Waals surface area contributed by atoms with Crippen molar-refractivity contribution in [1.29, 1.82) is 0 Å². The first kappa shape index (κ1) is 11.0. The van der Waals surface area contributed by atoms with E-state index in [1.54, 1.807) is 0 Å². The van der Waals surface area contributed by atoms with Gasteiger partial charge in [-0.1, -0.05) is 30.3 Å². The van der Waals surface area contributed by atoms with Crippen LogP contribution in [0, 0.1) is 0 Å². The molecule has 0 fully saturated rings. The Hall–Kier alpha value is -2.07. The highest BCUT2D eigenvalue weighted by Crippen LogP contribution is 2.27. The molecular weight excluding hydrogens is 244 g/mol. The molecule has 3 rings (SSSR count). The minimum atomic E-state index is 0.486. The molecule has 0 aliphatic rings. The maximum absolute atomic E-state index is 5.67. The van der Waals surface area contributed by atoms with Crippen molar-refractivity contribution < 1.29 is 4.42 Å². The van der Waals surface area contributed by atoms with E-state index in [1.807, 2.05) is 54.6 Å². The van der Waals surface area contributed by atoms with Crippen molar-refractivity contribution >= 4 is 12.6 Å². The normalized spacial score (nSPS) is 10.5. The summed E-state index contributed by atoms with van der Waals surface area (Å²) >= 11 is 4.38. The van der Waals surface area contributed by atoms with E-state index in [9.17, 15) is 0 Å². The quantitative estimate of drug-likeness (QED) is 0.709. The number of benzene rings is 2. The SMILES string of the molecule is Sc1ccccc1-c1nnc(-c2ccccc2)o1. The predicted octanol–water partition coefficient (Wildman–Crippen LogP) is 3.69. The fraction of sp³-hybridized carbons (Fsp3) is 0. The molecule has 0 saturated heterocycles. The highest BCUT2D eigenvalue weighted by Gasteiger charge is 2.11. The average molecular weight is 254 g/mol. The van der Waals surface area contributed by atoms with E-state index >= 15 is 0 Å². The fourth-order valence-corrected chi connectivity index (χ4v) is 1.94. The smallest absolute Gasteiger partial charge is 0.249 e. The molecule has 1 aromatic heterocycles. The molecule has 0 N–H and O–H groups in total.